The smallest absolute Gasteiger partial charge is 0.407 e. The van der Waals surface area contributed by atoms with Gasteiger partial charge in [0.1, 0.15) is 22.9 Å². The predicted octanol–water partition coefficient (Wildman–Crippen LogP) is 5.96. The molecule has 6 aromatic heterocycles. The number of nitrogens with one attached hydrogen (secondary N) is 3. The minimum absolute atomic E-state index is 0.0324. The van der Waals surface area contributed by atoms with Crippen LogP contribution in [0.2, 0.25) is 0 Å². The summed E-state index contributed by atoms with van der Waals surface area (Å²) in [4.78, 5) is 107. The normalized spacial score (nSPS) is 15.2. The molecule has 2 aliphatic heterocycles. The third-order valence-electron chi connectivity index (χ3n) is 13.9. The van der Waals surface area contributed by atoms with Gasteiger partial charge in [-0.3, -0.25) is 32.4 Å². The first-order valence-electron chi connectivity index (χ1n) is 28.1. The molecule has 0 saturated carbocycles. The van der Waals surface area contributed by atoms with E-state index in [9.17, 15) is 28.8 Å². The number of halogens is 1. The first-order valence-corrected chi connectivity index (χ1v) is 28.9. The number of aromatic nitrogens is 12. The summed E-state index contributed by atoms with van der Waals surface area (Å²) in [7, 11) is 3.19. The minimum Gasteiger partial charge on any atom is -0.444 e. The minimum atomic E-state index is -0.605. The number of fused-ring (bicyclic) bond motifs is 4. The number of ether oxygens (including phenoxy) is 2. The number of alkyl carbamates (subject to hydrolysis) is 2. The predicted molar refractivity (Wildman–Crippen MR) is 330 cm³/mol. The van der Waals surface area contributed by atoms with E-state index in [0.717, 1.165) is 81.1 Å². The van der Waals surface area contributed by atoms with Gasteiger partial charge >= 0.3 is 23.6 Å². The number of benzene rings is 2. The fraction of sp³-hybridized carbons (Fsp3) is 0.467. The van der Waals surface area contributed by atoms with Gasteiger partial charge in [0.2, 0.25) is 5.95 Å². The molecule has 8 heterocycles. The monoisotopic (exact) mass is 1220 g/mol. The molecule has 24 nitrogen and oxygen atoms in total. The molecule has 2 atom stereocenters. The number of hydrogen-bond acceptors (Lipinski definition) is 16. The van der Waals surface area contributed by atoms with Gasteiger partial charge < -0.3 is 34.9 Å². The summed E-state index contributed by atoms with van der Waals surface area (Å²) in [5.41, 5.74) is 1.29. The number of nitrogens with zero attached hydrogens (tertiary/aromatic N) is 13. The van der Waals surface area contributed by atoms with E-state index in [4.69, 9.17) is 14.5 Å². The van der Waals surface area contributed by atoms with Gasteiger partial charge in [-0.15, -0.1) is 11.8 Å². The second kappa shape index (κ2) is 26.5. The Hall–Kier alpha value is -8.68. The van der Waals surface area contributed by atoms with Crippen molar-refractivity contribution in [2.45, 2.75) is 144 Å². The van der Waals surface area contributed by atoms with Crippen LogP contribution in [0, 0.1) is 37.5 Å². The zero-order valence-electron chi connectivity index (χ0n) is 50.2. The average Bonchev–Trinajstić information content (AvgIpc) is 1.83. The fourth-order valence-corrected chi connectivity index (χ4v) is 10.5. The fourth-order valence-electron chi connectivity index (χ4n) is 10.0. The van der Waals surface area contributed by atoms with Crippen molar-refractivity contribution in [2.75, 3.05) is 31.1 Å². The Bertz CT molecular complexity index is 4210. The Labute approximate surface area is 499 Å². The topological polar surface area (TPSA) is 267 Å². The van der Waals surface area contributed by atoms with Gasteiger partial charge in [-0.05, 0) is 130 Å². The molecular weight excluding hydrogens is 1150 g/mol. The molecule has 2 fully saturated rings. The molecular formula is C60H73BrN16O8. The van der Waals surface area contributed by atoms with E-state index in [1.807, 2.05) is 109 Å². The van der Waals surface area contributed by atoms with Gasteiger partial charge in [-0.2, -0.15) is 4.98 Å². The molecule has 0 radical (unpaired) electrons. The maximum Gasteiger partial charge on any atom is 0.407 e. The SMILES string of the molecule is CC#CCn1c(Br)nc2c1c(=O)n(Cc1nc(C)c3ccccc3n1)c(=O)n2C.CC#CCn1c(N2CCC[C@@H](NC(=O)OC(C)(C)C)C2)nc2c1c(=O)n(Cc1nc(C)c3ccccc3n1)c(=O)n2C.CC(C)(C)OC(=O)N[C@@H]1CCCNC1. The summed E-state index contributed by atoms with van der Waals surface area (Å²) in [5.74, 6) is 13.0. The van der Waals surface area contributed by atoms with Crippen LogP contribution < -0.4 is 43.3 Å². The van der Waals surface area contributed by atoms with E-state index in [1.165, 1.54) is 9.13 Å². The standard InChI is InChI=1S/C30H36N8O4.C20H17BrN6O2.C10H20N2O2/c1-7-8-16-37-24-25(34-27(37)36-15-11-12-20(17-36)32-28(40)42-30(3,4)5)35(6)29(41)38(26(24)39)18-23-31-19(2)21-13-9-10-14-22(21)33-23;1-4-5-10-26-16-17(24-19(26)21)25(3)20(29)27(18(16)28)11-15-22-12(2)13-8-6-7-9-14(13)23-15;1-10(2,3)14-9(13)12-8-5-4-6-11-7-8/h9-10,13-14,20H,11-12,15-18H2,1-6H3,(H,32,40);6-9H,10-11H2,1-3H3;8,11H,4-7H2,1-3H3,(H,12,13)/t20-;;8-/m1.1/s1. The van der Waals surface area contributed by atoms with E-state index in [2.05, 4.69) is 80.5 Å². The largest absolute Gasteiger partial charge is 0.444 e. The molecule has 8 aromatic rings. The number of carbonyl (C=O) groups is 2. The molecule has 3 N–H and O–H groups in total. The maximum absolute atomic E-state index is 14.0. The highest BCUT2D eigenvalue weighted by atomic mass is 79.9. The lowest BCUT2D eigenvalue weighted by Gasteiger charge is -2.34. The number of imidazole rings is 2. The third-order valence-corrected chi connectivity index (χ3v) is 14.6. The molecule has 0 spiro atoms. The van der Waals surface area contributed by atoms with Crippen LogP contribution in [-0.4, -0.2) is 119 Å². The summed E-state index contributed by atoms with van der Waals surface area (Å²) in [6.07, 6.45) is 2.93. The van der Waals surface area contributed by atoms with Crippen LogP contribution in [0.15, 0.2) is 72.4 Å². The van der Waals surface area contributed by atoms with Gasteiger partial charge in [-0.1, -0.05) is 48.2 Å². The quantitative estimate of drug-likeness (QED) is 0.111. The molecule has 0 bridgehead atoms. The number of carbonyl (C=O) groups excluding carboxylic acids is 2. The second-order valence-corrected chi connectivity index (χ2v) is 23.4. The van der Waals surface area contributed by atoms with Crippen molar-refractivity contribution in [3.8, 4) is 23.7 Å². The molecule has 25 heteroatoms. The molecule has 2 saturated heterocycles. The number of anilines is 1. The summed E-state index contributed by atoms with van der Waals surface area (Å²) >= 11 is 3.36. The average molecular weight is 1230 g/mol. The van der Waals surface area contributed by atoms with Gasteiger partial charge in [0.05, 0.1) is 37.2 Å². The summed E-state index contributed by atoms with van der Waals surface area (Å²) in [6, 6.07) is 15.3. The highest BCUT2D eigenvalue weighted by Gasteiger charge is 2.30. The highest BCUT2D eigenvalue weighted by Crippen LogP contribution is 2.25. The number of amides is 2. The first-order chi connectivity index (χ1) is 40.4. The first kappa shape index (κ1) is 62.4. The molecule has 2 aromatic carbocycles. The van der Waals surface area contributed by atoms with Crippen LogP contribution in [-0.2, 0) is 49.7 Å². The number of rotatable bonds is 9. The number of hydrogen-bond donors (Lipinski definition) is 3. The lowest BCUT2D eigenvalue weighted by atomic mass is 10.1. The van der Waals surface area contributed by atoms with Crippen molar-refractivity contribution in [1.29, 1.82) is 0 Å². The van der Waals surface area contributed by atoms with Crippen molar-refractivity contribution >= 4 is 78.2 Å². The number of aryl methyl sites for hydroxylation is 4. The van der Waals surface area contributed by atoms with Gasteiger partial charge in [0.15, 0.2) is 27.1 Å². The van der Waals surface area contributed by atoms with E-state index in [1.54, 1.807) is 37.1 Å². The van der Waals surface area contributed by atoms with Crippen molar-refractivity contribution in [2.24, 2.45) is 14.1 Å². The lowest BCUT2D eigenvalue weighted by molar-refractivity contribution is 0.0486. The molecule has 10 rings (SSSR count). The zero-order chi connectivity index (χ0) is 61.5. The van der Waals surface area contributed by atoms with Crippen LogP contribution in [0.25, 0.3) is 44.1 Å². The van der Waals surface area contributed by atoms with Crippen molar-refractivity contribution in [1.82, 2.24) is 73.3 Å². The molecule has 2 aliphatic rings. The van der Waals surface area contributed by atoms with E-state index in [-0.39, 0.29) is 55.5 Å². The Kier molecular flexibility index (Phi) is 19.4. The van der Waals surface area contributed by atoms with Crippen LogP contribution >= 0.6 is 15.9 Å². The maximum atomic E-state index is 14.0. The summed E-state index contributed by atoms with van der Waals surface area (Å²) in [6.45, 7) is 21.7. The van der Waals surface area contributed by atoms with Crippen LogP contribution in [0.1, 0.15) is 104 Å². The van der Waals surface area contributed by atoms with E-state index >= 15 is 0 Å². The number of para-hydroxylation sites is 2. The van der Waals surface area contributed by atoms with Gasteiger partial charge in [0.25, 0.3) is 11.1 Å². The molecule has 2 amide bonds. The van der Waals surface area contributed by atoms with Gasteiger partial charge in [-0.25, -0.2) is 44.1 Å². The zero-order valence-corrected chi connectivity index (χ0v) is 51.8. The second-order valence-electron chi connectivity index (χ2n) is 22.7. The highest BCUT2D eigenvalue weighted by molar-refractivity contribution is 9.10. The molecule has 0 aliphatic carbocycles. The summed E-state index contributed by atoms with van der Waals surface area (Å²) < 4.78 is 19.5. The Morgan fingerprint density at radius 2 is 1.12 bits per heavy atom. The lowest BCUT2D eigenvalue weighted by Crippen LogP contribution is -2.49. The Morgan fingerprint density at radius 3 is 1.61 bits per heavy atom. The van der Waals surface area contributed by atoms with E-state index in [0.29, 0.717) is 46.6 Å². The van der Waals surface area contributed by atoms with Gasteiger partial charge in [0, 0.05) is 68.0 Å². The summed E-state index contributed by atoms with van der Waals surface area (Å²) in [5, 5.41) is 10.9. The number of piperidine rings is 2. The van der Waals surface area contributed by atoms with Crippen molar-refractivity contribution in [3.63, 3.8) is 0 Å². The Balaban J connectivity index is 0.000000188. The third kappa shape index (κ3) is 14.8. The molecule has 85 heavy (non-hydrogen) atoms. The molecule has 448 valence electrons. The Morgan fingerprint density at radius 1 is 0.647 bits per heavy atom. The van der Waals surface area contributed by atoms with Crippen LogP contribution in [0.3, 0.4) is 0 Å². The van der Waals surface area contributed by atoms with Crippen LogP contribution in [0.4, 0.5) is 15.5 Å². The van der Waals surface area contributed by atoms with Crippen molar-refractivity contribution in [3.05, 3.63) is 118 Å². The van der Waals surface area contributed by atoms with Crippen LogP contribution in [0.5, 0.6) is 0 Å². The van der Waals surface area contributed by atoms with Crippen molar-refractivity contribution < 1.29 is 19.1 Å². The molecule has 0 unspecified atom stereocenters. The van der Waals surface area contributed by atoms with E-state index < -0.39 is 39.8 Å².